The van der Waals surface area contributed by atoms with Crippen molar-refractivity contribution in [3.8, 4) is 0 Å². The van der Waals surface area contributed by atoms with Gasteiger partial charge in [0.05, 0.1) is 17.7 Å². The van der Waals surface area contributed by atoms with Gasteiger partial charge in [-0.25, -0.2) is 0 Å². The molecule has 0 unspecified atom stereocenters. The van der Waals surface area contributed by atoms with Crippen LogP contribution in [0.2, 0.25) is 0 Å². The zero-order chi connectivity index (χ0) is 17.4. The minimum Gasteiger partial charge on any atom is -0.383 e. The number of nitrogens with one attached hydrogen (secondary N) is 2. The molecule has 0 aliphatic carbocycles. The lowest BCUT2D eigenvalue weighted by molar-refractivity contribution is 0.0936. The number of methoxy groups -OCH3 is 1. The number of nitrogens with zero attached hydrogens (tertiary/aromatic N) is 1. The average Bonchev–Trinajstić information content (AvgIpc) is 2.62. The molecule has 1 aromatic heterocycles. The third-order valence-electron chi connectivity index (χ3n) is 3.50. The maximum Gasteiger partial charge on any atom is 0.257 e. The molecule has 0 aliphatic heterocycles. The Morgan fingerprint density at radius 3 is 2.54 bits per heavy atom. The van der Waals surface area contributed by atoms with Crippen molar-refractivity contribution >= 4 is 17.5 Å². The summed E-state index contributed by atoms with van der Waals surface area (Å²) in [6, 6.07) is 9.14. The van der Waals surface area contributed by atoms with Gasteiger partial charge in [-0.1, -0.05) is 25.1 Å². The quantitative estimate of drug-likeness (QED) is 0.765. The predicted octanol–water partition coefficient (Wildman–Crippen LogP) is 2.27. The van der Waals surface area contributed by atoms with Crippen LogP contribution in [0.4, 0.5) is 5.69 Å². The highest BCUT2D eigenvalue weighted by Gasteiger charge is 2.12. The first kappa shape index (κ1) is 17.6. The van der Waals surface area contributed by atoms with Gasteiger partial charge in [0.15, 0.2) is 0 Å². The molecular weight excluding hydrogens is 306 g/mol. The second-order valence-electron chi connectivity index (χ2n) is 5.18. The summed E-state index contributed by atoms with van der Waals surface area (Å²) >= 11 is 0. The Balaban J connectivity index is 2.10. The van der Waals surface area contributed by atoms with Gasteiger partial charge in [-0.05, 0) is 24.1 Å². The number of benzene rings is 1. The highest BCUT2D eigenvalue weighted by Crippen LogP contribution is 2.16. The number of hydrogen-bond acceptors (Lipinski definition) is 4. The maximum atomic E-state index is 12.4. The van der Waals surface area contributed by atoms with Crippen LogP contribution < -0.4 is 10.6 Å². The Bertz CT molecular complexity index is 716. The van der Waals surface area contributed by atoms with E-state index in [1.54, 1.807) is 7.11 Å². The summed E-state index contributed by atoms with van der Waals surface area (Å²) in [4.78, 5) is 28.4. The molecular formula is C18H21N3O3. The number of aromatic nitrogens is 1. The summed E-state index contributed by atoms with van der Waals surface area (Å²) < 4.78 is 4.88. The lowest BCUT2D eigenvalue weighted by Crippen LogP contribution is -2.27. The summed E-state index contributed by atoms with van der Waals surface area (Å²) in [6.45, 7) is 2.85. The fourth-order valence-electron chi connectivity index (χ4n) is 2.20. The first-order chi connectivity index (χ1) is 11.7. The average molecular weight is 327 g/mol. The van der Waals surface area contributed by atoms with Crippen LogP contribution in [0, 0.1) is 0 Å². The van der Waals surface area contributed by atoms with E-state index in [0.29, 0.717) is 24.3 Å². The Morgan fingerprint density at radius 2 is 1.83 bits per heavy atom. The number of carbonyl (C=O) groups is 2. The van der Waals surface area contributed by atoms with E-state index in [9.17, 15) is 9.59 Å². The van der Waals surface area contributed by atoms with Crippen LogP contribution in [0.25, 0.3) is 0 Å². The van der Waals surface area contributed by atoms with E-state index in [0.717, 1.165) is 17.7 Å². The number of anilines is 1. The van der Waals surface area contributed by atoms with Crippen LogP contribution in [0.5, 0.6) is 0 Å². The van der Waals surface area contributed by atoms with Crippen molar-refractivity contribution in [2.24, 2.45) is 0 Å². The number of pyridine rings is 1. The number of aryl methyl sites for hydroxylation is 1. The number of para-hydroxylation sites is 1. The Hall–Kier alpha value is -2.73. The van der Waals surface area contributed by atoms with Crippen molar-refractivity contribution in [2.45, 2.75) is 13.3 Å². The highest BCUT2D eigenvalue weighted by molar-refractivity contribution is 6.06. The van der Waals surface area contributed by atoms with Gasteiger partial charge in [-0.2, -0.15) is 0 Å². The van der Waals surface area contributed by atoms with E-state index in [1.165, 1.54) is 18.5 Å². The molecule has 2 rings (SSSR count). The normalized spacial score (nSPS) is 10.2. The van der Waals surface area contributed by atoms with Gasteiger partial charge in [0, 0.05) is 31.7 Å². The highest BCUT2D eigenvalue weighted by atomic mass is 16.5. The SMILES string of the molecule is CCc1ccccc1NC(=O)c1cncc(C(=O)NCCOC)c1. The van der Waals surface area contributed by atoms with Gasteiger partial charge in [0.25, 0.3) is 11.8 Å². The molecule has 0 radical (unpaired) electrons. The first-order valence-corrected chi connectivity index (χ1v) is 7.77. The fraction of sp³-hybridized carbons (Fsp3) is 0.278. The van der Waals surface area contributed by atoms with Gasteiger partial charge in [0.2, 0.25) is 0 Å². The van der Waals surface area contributed by atoms with Crippen LogP contribution >= 0.6 is 0 Å². The third-order valence-corrected chi connectivity index (χ3v) is 3.50. The predicted molar refractivity (Wildman–Crippen MR) is 92.2 cm³/mol. The smallest absolute Gasteiger partial charge is 0.257 e. The van der Waals surface area contributed by atoms with E-state index in [2.05, 4.69) is 15.6 Å². The molecule has 0 saturated carbocycles. The van der Waals surface area contributed by atoms with Crippen LogP contribution in [-0.2, 0) is 11.2 Å². The zero-order valence-corrected chi connectivity index (χ0v) is 13.8. The molecule has 6 nitrogen and oxygen atoms in total. The van der Waals surface area contributed by atoms with Crippen molar-refractivity contribution in [1.82, 2.24) is 10.3 Å². The molecule has 2 aromatic rings. The van der Waals surface area contributed by atoms with E-state index >= 15 is 0 Å². The number of hydrogen-bond donors (Lipinski definition) is 2. The lowest BCUT2D eigenvalue weighted by Gasteiger charge is -2.10. The monoisotopic (exact) mass is 327 g/mol. The fourth-order valence-corrected chi connectivity index (χ4v) is 2.20. The van der Waals surface area contributed by atoms with Gasteiger partial charge in [-0.3, -0.25) is 14.6 Å². The number of amides is 2. The van der Waals surface area contributed by atoms with E-state index in [-0.39, 0.29) is 11.8 Å². The largest absolute Gasteiger partial charge is 0.383 e. The molecule has 0 saturated heterocycles. The molecule has 0 bridgehead atoms. The van der Waals surface area contributed by atoms with Gasteiger partial charge in [-0.15, -0.1) is 0 Å². The van der Waals surface area contributed by atoms with Crippen molar-refractivity contribution in [2.75, 3.05) is 25.6 Å². The first-order valence-electron chi connectivity index (χ1n) is 7.77. The van der Waals surface area contributed by atoms with Crippen molar-refractivity contribution < 1.29 is 14.3 Å². The van der Waals surface area contributed by atoms with Crippen molar-refractivity contribution in [3.63, 3.8) is 0 Å². The zero-order valence-electron chi connectivity index (χ0n) is 13.8. The summed E-state index contributed by atoms with van der Waals surface area (Å²) in [5.41, 5.74) is 2.48. The molecule has 126 valence electrons. The molecule has 0 fully saturated rings. The third kappa shape index (κ3) is 4.63. The number of rotatable bonds is 7. The second-order valence-corrected chi connectivity index (χ2v) is 5.18. The maximum absolute atomic E-state index is 12.4. The standard InChI is InChI=1S/C18H21N3O3/c1-3-13-6-4-5-7-16(13)21-18(23)15-10-14(11-19-12-15)17(22)20-8-9-24-2/h4-7,10-12H,3,8-9H2,1-2H3,(H,20,22)(H,21,23). The van der Waals surface area contributed by atoms with Gasteiger partial charge >= 0.3 is 0 Å². The lowest BCUT2D eigenvalue weighted by atomic mass is 10.1. The molecule has 0 aliphatic rings. The molecule has 24 heavy (non-hydrogen) atoms. The second kappa shape index (κ2) is 8.79. The topological polar surface area (TPSA) is 80.3 Å². The summed E-state index contributed by atoms with van der Waals surface area (Å²) in [5.74, 6) is -0.585. The van der Waals surface area contributed by atoms with Crippen LogP contribution in [0.3, 0.4) is 0 Å². The van der Waals surface area contributed by atoms with E-state index in [1.807, 2.05) is 31.2 Å². The van der Waals surface area contributed by atoms with Gasteiger partial charge in [0.1, 0.15) is 0 Å². The summed E-state index contributed by atoms with van der Waals surface area (Å²) in [6.07, 6.45) is 3.69. The summed E-state index contributed by atoms with van der Waals surface area (Å²) in [7, 11) is 1.56. The summed E-state index contributed by atoms with van der Waals surface area (Å²) in [5, 5.41) is 5.56. The molecule has 1 aromatic carbocycles. The van der Waals surface area contributed by atoms with Crippen LogP contribution in [0.1, 0.15) is 33.2 Å². The minimum absolute atomic E-state index is 0.289. The van der Waals surface area contributed by atoms with E-state index in [4.69, 9.17) is 4.74 Å². The number of ether oxygens (including phenoxy) is 1. The van der Waals surface area contributed by atoms with Crippen molar-refractivity contribution in [3.05, 3.63) is 59.4 Å². The Kier molecular flexibility index (Phi) is 6.45. The molecule has 6 heteroatoms. The Labute approximate surface area is 141 Å². The molecule has 2 amide bonds. The molecule has 0 spiro atoms. The minimum atomic E-state index is -0.296. The van der Waals surface area contributed by atoms with E-state index < -0.39 is 0 Å². The van der Waals surface area contributed by atoms with Crippen LogP contribution in [-0.4, -0.2) is 37.1 Å². The number of carbonyl (C=O) groups excluding carboxylic acids is 2. The van der Waals surface area contributed by atoms with Crippen LogP contribution in [0.15, 0.2) is 42.7 Å². The molecule has 0 atom stereocenters. The van der Waals surface area contributed by atoms with Gasteiger partial charge < -0.3 is 15.4 Å². The molecule has 1 heterocycles. The molecule has 2 N–H and O–H groups in total. The Morgan fingerprint density at radius 1 is 1.12 bits per heavy atom. The van der Waals surface area contributed by atoms with Crippen molar-refractivity contribution in [1.29, 1.82) is 0 Å².